The van der Waals surface area contributed by atoms with E-state index in [9.17, 15) is 13.2 Å². The highest BCUT2D eigenvalue weighted by atomic mass is 32.2. The molecule has 1 N–H and O–H groups in total. The number of amides is 1. The van der Waals surface area contributed by atoms with E-state index >= 15 is 0 Å². The number of carbonyl (C=O) groups is 1. The van der Waals surface area contributed by atoms with Gasteiger partial charge in [-0.25, -0.2) is 13.8 Å². The number of aromatic nitrogens is 1. The van der Waals surface area contributed by atoms with E-state index in [1.54, 1.807) is 36.5 Å². The Labute approximate surface area is 163 Å². The van der Waals surface area contributed by atoms with Crippen LogP contribution < -0.4 is 10.2 Å². The number of piperidine rings is 1. The molecule has 1 saturated heterocycles. The zero-order chi connectivity index (χ0) is 19.8. The first-order valence-corrected chi connectivity index (χ1v) is 10.4. The molecule has 0 unspecified atom stereocenters. The van der Waals surface area contributed by atoms with Crippen LogP contribution in [0.2, 0.25) is 0 Å². The van der Waals surface area contributed by atoms with Gasteiger partial charge >= 0.3 is 0 Å². The van der Waals surface area contributed by atoms with E-state index in [2.05, 4.69) is 15.5 Å². The van der Waals surface area contributed by atoms with E-state index in [0.717, 1.165) is 0 Å². The summed E-state index contributed by atoms with van der Waals surface area (Å²) >= 11 is 0. The molecule has 0 aliphatic carbocycles. The topological polar surface area (TPSA) is 101 Å². The van der Waals surface area contributed by atoms with Gasteiger partial charge < -0.3 is 4.74 Å². The van der Waals surface area contributed by atoms with Crippen molar-refractivity contribution in [2.75, 3.05) is 20.2 Å². The second kappa shape index (κ2) is 6.99. The molecule has 0 saturated carbocycles. The van der Waals surface area contributed by atoms with Crippen LogP contribution in [0.4, 0.5) is 0 Å². The number of sulfonamides is 1. The first kappa shape index (κ1) is 18.6. The minimum Gasteiger partial charge on any atom is -0.497 e. The van der Waals surface area contributed by atoms with Gasteiger partial charge in [-0.1, -0.05) is 12.1 Å². The van der Waals surface area contributed by atoms with Crippen molar-refractivity contribution in [2.45, 2.75) is 17.7 Å². The van der Waals surface area contributed by atoms with E-state index in [0.29, 0.717) is 30.0 Å². The predicted molar refractivity (Wildman–Crippen MR) is 102 cm³/mol. The van der Waals surface area contributed by atoms with E-state index in [4.69, 9.17) is 4.74 Å². The number of rotatable bonds is 4. The molecule has 2 aliphatic rings. The fourth-order valence-electron chi connectivity index (χ4n) is 3.72. The van der Waals surface area contributed by atoms with Crippen LogP contribution in [-0.2, 0) is 14.8 Å². The van der Waals surface area contributed by atoms with Crippen LogP contribution in [0.1, 0.15) is 18.5 Å². The summed E-state index contributed by atoms with van der Waals surface area (Å²) in [5.41, 5.74) is 2.91. The maximum absolute atomic E-state index is 13.0. The van der Waals surface area contributed by atoms with Gasteiger partial charge in [0.25, 0.3) is 5.91 Å². The molecule has 8 nitrogen and oxygen atoms in total. The Morgan fingerprint density at radius 2 is 1.93 bits per heavy atom. The van der Waals surface area contributed by atoms with Gasteiger partial charge in [-0.15, -0.1) is 0 Å². The number of methoxy groups -OCH3 is 1. The summed E-state index contributed by atoms with van der Waals surface area (Å²) in [5.74, 6) is 0.279. The van der Waals surface area contributed by atoms with Gasteiger partial charge in [0.05, 0.1) is 23.1 Å². The number of ether oxygens (including phenoxy) is 1. The lowest BCUT2D eigenvalue weighted by Gasteiger charge is -2.37. The van der Waals surface area contributed by atoms with Crippen LogP contribution >= 0.6 is 0 Å². The number of hydrogen-bond donors (Lipinski definition) is 1. The summed E-state index contributed by atoms with van der Waals surface area (Å²) in [5, 5.41) is 4.20. The van der Waals surface area contributed by atoms with Crippen LogP contribution in [0.3, 0.4) is 0 Å². The molecule has 2 aromatic rings. The summed E-state index contributed by atoms with van der Waals surface area (Å²) < 4.78 is 32.6. The van der Waals surface area contributed by atoms with Crippen LogP contribution in [0.25, 0.3) is 0 Å². The summed E-state index contributed by atoms with van der Waals surface area (Å²) in [6, 6.07) is 11.8. The Bertz CT molecular complexity index is 1030. The second-order valence-corrected chi connectivity index (χ2v) is 8.72. The van der Waals surface area contributed by atoms with E-state index < -0.39 is 15.4 Å². The maximum atomic E-state index is 13.0. The van der Waals surface area contributed by atoms with Crippen LogP contribution in [0, 0.1) is 5.41 Å². The molecule has 0 radical (unpaired) electrons. The third kappa shape index (κ3) is 2.96. The number of pyridine rings is 1. The molecule has 146 valence electrons. The highest BCUT2D eigenvalue weighted by Crippen LogP contribution is 2.39. The first-order chi connectivity index (χ1) is 13.5. The smallest absolute Gasteiger partial charge is 0.252 e. The third-order valence-electron chi connectivity index (χ3n) is 5.32. The molecule has 1 spiro atoms. The van der Waals surface area contributed by atoms with Gasteiger partial charge in [-0.3, -0.25) is 9.78 Å². The molecule has 0 atom stereocenters. The van der Waals surface area contributed by atoms with Gasteiger partial charge in [0, 0.05) is 25.4 Å². The fraction of sp³-hybridized carbons (Fsp3) is 0.316. The lowest BCUT2D eigenvalue weighted by atomic mass is 9.73. The predicted octanol–water partition coefficient (Wildman–Crippen LogP) is 1.40. The largest absolute Gasteiger partial charge is 0.497 e. The van der Waals surface area contributed by atoms with Gasteiger partial charge in [0.1, 0.15) is 11.5 Å². The monoisotopic (exact) mass is 400 g/mol. The normalized spacial score (nSPS) is 19.3. The van der Waals surface area contributed by atoms with Crippen molar-refractivity contribution in [3.8, 4) is 5.75 Å². The highest BCUT2D eigenvalue weighted by molar-refractivity contribution is 7.89. The van der Waals surface area contributed by atoms with E-state index in [-0.39, 0.29) is 23.9 Å². The van der Waals surface area contributed by atoms with E-state index in [1.165, 1.54) is 17.5 Å². The Morgan fingerprint density at radius 3 is 2.61 bits per heavy atom. The molecular formula is C19H20N4O4S. The molecule has 1 amide bonds. The molecule has 1 fully saturated rings. The van der Waals surface area contributed by atoms with Crippen LogP contribution in [0.15, 0.2) is 58.7 Å². The average Bonchev–Trinajstić information content (AvgIpc) is 3.04. The minimum atomic E-state index is -3.67. The fourth-order valence-corrected chi connectivity index (χ4v) is 5.19. The molecular weight excluding hydrogens is 380 g/mol. The minimum absolute atomic E-state index is 0.178. The number of hydrazone groups is 1. The third-order valence-corrected chi connectivity index (χ3v) is 7.21. The van der Waals surface area contributed by atoms with E-state index in [1.807, 2.05) is 6.07 Å². The zero-order valence-electron chi connectivity index (χ0n) is 15.3. The molecule has 1 aromatic heterocycles. The zero-order valence-corrected chi connectivity index (χ0v) is 16.1. The molecule has 28 heavy (non-hydrogen) atoms. The van der Waals surface area contributed by atoms with Gasteiger partial charge in [-0.05, 0) is 37.1 Å². The summed E-state index contributed by atoms with van der Waals surface area (Å²) in [6.07, 6.45) is 2.34. The molecule has 1 aromatic carbocycles. The number of carbonyl (C=O) groups excluding carboxylic acids is 1. The molecule has 0 bridgehead atoms. The number of benzene rings is 1. The average molecular weight is 400 g/mol. The van der Waals surface area contributed by atoms with Crippen molar-refractivity contribution < 1.29 is 17.9 Å². The Morgan fingerprint density at radius 1 is 1.14 bits per heavy atom. The number of nitrogens with zero attached hydrogens (tertiary/aromatic N) is 3. The van der Waals surface area contributed by atoms with Gasteiger partial charge in [0.2, 0.25) is 10.0 Å². The van der Waals surface area contributed by atoms with Crippen molar-refractivity contribution in [3.05, 3.63) is 54.4 Å². The number of hydrogen-bond acceptors (Lipinski definition) is 6. The Balaban J connectivity index is 1.58. The van der Waals surface area contributed by atoms with Crippen LogP contribution in [-0.4, -0.2) is 49.5 Å². The van der Waals surface area contributed by atoms with Crippen molar-refractivity contribution in [1.29, 1.82) is 0 Å². The van der Waals surface area contributed by atoms with Gasteiger partial charge in [-0.2, -0.15) is 9.41 Å². The van der Waals surface area contributed by atoms with Crippen LogP contribution in [0.5, 0.6) is 5.75 Å². The lowest BCUT2D eigenvalue weighted by Crippen LogP contribution is -2.50. The molecule has 2 aliphatic heterocycles. The Hall–Kier alpha value is -2.78. The Kier molecular flexibility index (Phi) is 4.64. The molecule has 3 heterocycles. The summed E-state index contributed by atoms with van der Waals surface area (Å²) in [7, 11) is -2.18. The summed E-state index contributed by atoms with van der Waals surface area (Å²) in [6.45, 7) is 0.442. The van der Waals surface area contributed by atoms with Crippen molar-refractivity contribution >= 4 is 21.6 Å². The van der Waals surface area contributed by atoms with Gasteiger partial charge in [0.15, 0.2) is 0 Å². The highest BCUT2D eigenvalue weighted by Gasteiger charge is 2.51. The SMILES string of the molecule is COc1cccc(S(=O)(=O)N2CCC3(CC2)C(=O)NN=C3c2ccccn2)c1. The number of nitrogens with one attached hydrogen (secondary N) is 1. The lowest BCUT2D eigenvalue weighted by molar-refractivity contribution is -0.127. The quantitative estimate of drug-likeness (QED) is 0.836. The summed E-state index contributed by atoms with van der Waals surface area (Å²) in [4.78, 5) is 17.1. The second-order valence-electron chi connectivity index (χ2n) is 6.78. The first-order valence-electron chi connectivity index (χ1n) is 8.92. The maximum Gasteiger partial charge on any atom is 0.252 e. The standard InChI is InChI=1S/C19H20N4O4S/c1-27-14-5-4-6-15(13-14)28(25,26)23-11-8-19(9-12-23)17(21-22-18(19)24)16-7-2-3-10-20-16/h2-7,10,13H,8-9,11-12H2,1H3,(H,22,24). The van der Waals surface area contributed by atoms with Crippen molar-refractivity contribution in [2.24, 2.45) is 10.5 Å². The van der Waals surface area contributed by atoms with Crippen molar-refractivity contribution in [1.82, 2.24) is 14.7 Å². The molecule has 9 heteroatoms. The van der Waals surface area contributed by atoms with Crippen molar-refractivity contribution in [3.63, 3.8) is 0 Å². The molecule has 4 rings (SSSR count).